The summed E-state index contributed by atoms with van der Waals surface area (Å²) in [6, 6.07) is 4.96. The molecule has 0 unspecified atom stereocenters. The number of rotatable bonds is 5. The van der Waals surface area contributed by atoms with Crippen LogP contribution < -0.4 is 0 Å². The van der Waals surface area contributed by atoms with Crippen molar-refractivity contribution >= 4 is 11.8 Å². The molecular formula is C16H21F3N2O2. The predicted molar refractivity (Wildman–Crippen MR) is 80.8 cm³/mol. The predicted octanol–water partition coefficient (Wildman–Crippen LogP) is 2.75. The van der Waals surface area contributed by atoms with Crippen molar-refractivity contribution in [2.45, 2.75) is 25.4 Å². The van der Waals surface area contributed by atoms with Crippen molar-refractivity contribution in [2.24, 2.45) is 0 Å². The number of carbonyl (C=O) groups excluding carboxylic acids is 2. The number of likely N-dealkylation sites (N-methyl/N-ethyl adjacent to an activating group) is 2. The third-order valence-corrected chi connectivity index (χ3v) is 3.56. The third kappa shape index (κ3) is 5.58. The Bertz CT molecular complexity index is 571. The fourth-order valence-corrected chi connectivity index (χ4v) is 1.99. The quantitative estimate of drug-likeness (QED) is 0.833. The first kappa shape index (κ1) is 19.0. The maximum absolute atomic E-state index is 12.7. The van der Waals surface area contributed by atoms with Gasteiger partial charge in [0.15, 0.2) is 0 Å². The van der Waals surface area contributed by atoms with Crippen molar-refractivity contribution in [3.63, 3.8) is 0 Å². The number of halogens is 3. The maximum atomic E-state index is 12.7. The average Bonchev–Trinajstić information content (AvgIpc) is 2.46. The van der Waals surface area contributed by atoms with E-state index >= 15 is 0 Å². The molecule has 0 aliphatic heterocycles. The number of alkyl halides is 3. The van der Waals surface area contributed by atoms with Gasteiger partial charge in [0.05, 0.1) is 12.1 Å². The van der Waals surface area contributed by atoms with Gasteiger partial charge in [-0.25, -0.2) is 0 Å². The molecule has 4 nitrogen and oxygen atoms in total. The van der Waals surface area contributed by atoms with Gasteiger partial charge in [-0.1, -0.05) is 25.1 Å². The molecule has 0 saturated heterocycles. The first-order valence-electron chi connectivity index (χ1n) is 7.13. The van der Waals surface area contributed by atoms with Crippen LogP contribution in [0.2, 0.25) is 0 Å². The van der Waals surface area contributed by atoms with Crippen molar-refractivity contribution in [1.29, 1.82) is 0 Å². The molecule has 0 N–H and O–H groups in total. The second kappa shape index (κ2) is 7.48. The summed E-state index contributed by atoms with van der Waals surface area (Å²) in [6.45, 7) is 1.64. The lowest BCUT2D eigenvalue weighted by molar-refractivity contribution is -0.138. The second-order valence-electron chi connectivity index (χ2n) is 5.77. The summed E-state index contributed by atoms with van der Waals surface area (Å²) in [4.78, 5) is 26.3. The van der Waals surface area contributed by atoms with Crippen molar-refractivity contribution in [2.75, 3.05) is 27.7 Å². The fraction of sp³-hybridized carbons (Fsp3) is 0.500. The number of carbonyl (C=O) groups is 2. The zero-order chi connectivity index (χ0) is 17.8. The van der Waals surface area contributed by atoms with Gasteiger partial charge in [-0.2, -0.15) is 13.2 Å². The zero-order valence-electron chi connectivity index (χ0n) is 13.6. The zero-order valence-corrected chi connectivity index (χ0v) is 13.6. The molecule has 23 heavy (non-hydrogen) atoms. The van der Waals surface area contributed by atoms with Gasteiger partial charge in [-0.3, -0.25) is 9.59 Å². The van der Waals surface area contributed by atoms with Crippen LogP contribution in [0.15, 0.2) is 24.3 Å². The Morgan fingerprint density at radius 1 is 1.13 bits per heavy atom. The Morgan fingerprint density at radius 3 is 2.26 bits per heavy atom. The van der Waals surface area contributed by atoms with E-state index in [9.17, 15) is 22.8 Å². The van der Waals surface area contributed by atoms with Crippen LogP contribution in [0.5, 0.6) is 0 Å². The smallest absolute Gasteiger partial charge is 0.347 e. The summed E-state index contributed by atoms with van der Waals surface area (Å²) in [5.41, 5.74) is -0.286. The highest BCUT2D eigenvalue weighted by Gasteiger charge is 2.31. The summed E-state index contributed by atoms with van der Waals surface area (Å²) in [5, 5.41) is 0. The molecular weight excluding hydrogens is 309 g/mol. The summed E-state index contributed by atoms with van der Waals surface area (Å²) in [5.74, 6) is -0.876. The first-order chi connectivity index (χ1) is 10.5. The Morgan fingerprint density at radius 2 is 1.74 bits per heavy atom. The van der Waals surface area contributed by atoms with E-state index in [1.807, 2.05) is 0 Å². The monoisotopic (exact) mass is 330 g/mol. The molecule has 0 heterocycles. The highest BCUT2D eigenvalue weighted by Crippen LogP contribution is 2.31. The minimum absolute atomic E-state index is 0.0402. The molecule has 0 spiro atoms. The molecule has 0 fully saturated rings. The van der Waals surface area contributed by atoms with Crippen molar-refractivity contribution < 1.29 is 22.8 Å². The molecule has 1 rings (SSSR count). The number of nitrogens with zero attached hydrogens (tertiary/aromatic N) is 2. The maximum Gasteiger partial charge on any atom is 0.416 e. The topological polar surface area (TPSA) is 40.6 Å². The Hall–Kier alpha value is -2.05. The van der Waals surface area contributed by atoms with E-state index in [2.05, 4.69) is 0 Å². The SMILES string of the molecule is C[C@@H](CC(=O)N(C)CC(=O)N(C)C)c1cccc(C(F)(F)F)c1. The standard InChI is InChI=1S/C16H21F3N2O2/c1-11(8-14(22)21(4)10-15(23)20(2)3)12-6-5-7-13(9-12)16(17,18)19/h5-7,9,11H,8,10H2,1-4H3/t11-/m0/s1. The molecule has 0 aromatic heterocycles. The van der Waals surface area contributed by atoms with Crippen LogP contribution in [-0.2, 0) is 15.8 Å². The summed E-state index contributed by atoms with van der Waals surface area (Å²) >= 11 is 0. The summed E-state index contributed by atoms with van der Waals surface area (Å²) in [6.07, 6.45) is -4.37. The van der Waals surface area contributed by atoms with Gasteiger partial charge in [0.1, 0.15) is 0 Å². The molecule has 0 aliphatic carbocycles. The van der Waals surface area contributed by atoms with Crippen molar-refractivity contribution in [3.8, 4) is 0 Å². The average molecular weight is 330 g/mol. The van der Waals surface area contributed by atoms with Gasteiger partial charge in [-0.15, -0.1) is 0 Å². The fourth-order valence-electron chi connectivity index (χ4n) is 1.99. The molecule has 0 bridgehead atoms. The van der Waals surface area contributed by atoms with Crippen LogP contribution in [0.1, 0.15) is 30.4 Å². The van der Waals surface area contributed by atoms with Crippen LogP contribution in [-0.4, -0.2) is 49.3 Å². The normalized spacial score (nSPS) is 12.7. The van der Waals surface area contributed by atoms with E-state index < -0.39 is 11.7 Å². The van der Waals surface area contributed by atoms with Gasteiger partial charge in [-0.05, 0) is 17.5 Å². The molecule has 0 radical (unpaired) electrons. The number of amides is 2. The van der Waals surface area contributed by atoms with E-state index in [4.69, 9.17) is 0 Å². The van der Waals surface area contributed by atoms with Gasteiger partial charge < -0.3 is 9.80 Å². The van der Waals surface area contributed by atoms with E-state index in [1.54, 1.807) is 27.1 Å². The molecule has 7 heteroatoms. The van der Waals surface area contributed by atoms with E-state index in [1.165, 1.54) is 22.9 Å². The molecule has 2 amide bonds. The van der Waals surface area contributed by atoms with Crippen LogP contribution >= 0.6 is 0 Å². The lowest BCUT2D eigenvalue weighted by Gasteiger charge is -2.21. The number of hydrogen-bond donors (Lipinski definition) is 0. The molecule has 0 aliphatic rings. The minimum Gasteiger partial charge on any atom is -0.347 e. The molecule has 1 aromatic carbocycles. The van der Waals surface area contributed by atoms with Gasteiger partial charge >= 0.3 is 6.18 Å². The lowest BCUT2D eigenvalue weighted by Crippen LogP contribution is -2.38. The third-order valence-electron chi connectivity index (χ3n) is 3.56. The first-order valence-corrected chi connectivity index (χ1v) is 7.13. The molecule has 1 atom stereocenters. The summed E-state index contributed by atoms with van der Waals surface area (Å²) < 4.78 is 38.2. The van der Waals surface area contributed by atoms with Crippen LogP contribution in [0.4, 0.5) is 13.2 Å². The van der Waals surface area contributed by atoms with E-state index in [-0.39, 0.29) is 30.7 Å². The van der Waals surface area contributed by atoms with Crippen LogP contribution in [0, 0.1) is 0 Å². The van der Waals surface area contributed by atoms with E-state index in [0.29, 0.717) is 5.56 Å². The Kier molecular flexibility index (Phi) is 6.18. The van der Waals surface area contributed by atoms with E-state index in [0.717, 1.165) is 12.1 Å². The molecule has 1 aromatic rings. The van der Waals surface area contributed by atoms with Crippen LogP contribution in [0.25, 0.3) is 0 Å². The Balaban J connectivity index is 2.74. The number of hydrogen-bond acceptors (Lipinski definition) is 2. The highest BCUT2D eigenvalue weighted by molar-refractivity contribution is 5.84. The van der Waals surface area contributed by atoms with Crippen LogP contribution in [0.3, 0.4) is 0 Å². The second-order valence-corrected chi connectivity index (χ2v) is 5.77. The number of benzene rings is 1. The highest BCUT2D eigenvalue weighted by atomic mass is 19.4. The molecule has 128 valence electrons. The largest absolute Gasteiger partial charge is 0.416 e. The van der Waals surface area contributed by atoms with Gasteiger partial charge in [0, 0.05) is 27.6 Å². The van der Waals surface area contributed by atoms with Crippen molar-refractivity contribution in [1.82, 2.24) is 9.80 Å². The summed E-state index contributed by atoms with van der Waals surface area (Å²) in [7, 11) is 4.68. The van der Waals surface area contributed by atoms with Gasteiger partial charge in [0.25, 0.3) is 0 Å². The van der Waals surface area contributed by atoms with Crippen molar-refractivity contribution in [3.05, 3.63) is 35.4 Å². The lowest BCUT2D eigenvalue weighted by atomic mass is 9.95. The van der Waals surface area contributed by atoms with Gasteiger partial charge in [0.2, 0.25) is 11.8 Å². The molecule has 0 saturated carbocycles. The Labute approximate surface area is 133 Å². The minimum atomic E-state index is -4.41.